The van der Waals surface area contributed by atoms with Crippen LogP contribution in [0.5, 0.6) is 5.75 Å². The fourth-order valence-corrected chi connectivity index (χ4v) is 3.68. The molecule has 29 heavy (non-hydrogen) atoms. The van der Waals surface area contributed by atoms with E-state index in [2.05, 4.69) is 10.3 Å². The molecule has 8 heteroatoms. The van der Waals surface area contributed by atoms with Gasteiger partial charge in [-0.3, -0.25) is 4.79 Å². The van der Waals surface area contributed by atoms with E-state index < -0.39 is 23.6 Å². The molecule has 3 aromatic rings. The van der Waals surface area contributed by atoms with Crippen LogP contribution in [0.3, 0.4) is 0 Å². The zero-order chi connectivity index (χ0) is 21.0. The molecule has 2 aromatic carbocycles. The molecule has 0 aliphatic heterocycles. The van der Waals surface area contributed by atoms with Gasteiger partial charge in [0.2, 0.25) is 0 Å². The first-order valence-electron chi connectivity index (χ1n) is 8.79. The number of carbonyl (C=O) groups is 1. The molecule has 0 fully saturated rings. The van der Waals surface area contributed by atoms with Gasteiger partial charge in [-0.05, 0) is 44.2 Å². The van der Waals surface area contributed by atoms with Crippen molar-refractivity contribution in [2.75, 3.05) is 6.61 Å². The predicted molar refractivity (Wildman–Crippen MR) is 106 cm³/mol. The van der Waals surface area contributed by atoms with Gasteiger partial charge in [0.1, 0.15) is 33.3 Å². The third-order valence-corrected chi connectivity index (χ3v) is 5.30. The highest BCUT2D eigenvalue weighted by Gasteiger charge is 2.22. The number of hydrogen-bond donors (Lipinski definition) is 1. The van der Waals surface area contributed by atoms with E-state index in [4.69, 9.17) is 4.74 Å². The average Bonchev–Trinajstić information content (AvgIpc) is 3.09. The molecule has 1 unspecified atom stereocenters. The second-order valence-electron chi connectivity index (χ2n) is 6.09. The fraction of sp³-hybridized carbons (Fsp3) is 0.190. The van der Waals surface area contributed by atoms with Gasteiger partial charge < -0.3 is 10.1 Å². The van der Waals surface area contributed by atoms with Crippen molar-refractivity contribution in [3.8, 4) is 22.4 Å². The molecule has 0 saturated heterocycles. The first-order valence-corrected chi connectivity index (χ1v) is 9.60. The number of rotatable bonds is 6. The number of nitrogens with one attached hydrogen (secondary N) is 1. The Balaban J connectivity index is 1.81. The number of nitriles is 1. The molecule has 0 radical (unpaired) electrons. The standard InChI is InChI=1S/C21H17F2N3O2S/c1-3-28-15-7-4-13(5-8-15)21-25-12(2)19(29-21)20(27)26-18(11-24)16-9-6-14(22)10-17(16)23/h4-10,18H,3H2,1-2H3,(H,26,27). The molecule has 5 nitrogen and oxygen atoms in total. The zero-order valence-corrected chi connectivity index (χ0v) is 16.5. The number of hydrogen-bond acceptors (Lipinski definition) is 5. The van der Waals surface area contributed by atoms with Crippen LogP contribution in [-0.2, 0) is 0 Å². The number of aryl methyl sites for hydroxylation is 1. The van der Waals surface area contributed by atoms with Gasteiger partial charge in [0.25, 0.3) is 5.91 Å². The average molecular weight is 413 g/mol. The molecule has 0 aliphatic carbocycles. The van der Waals surface area contributed by atoms with Crippen molar-refractivity contribution in [2.45, 2.75) is 19.9 Å². The molecule has 0 bridgehead atoms. The molecule has 1 heterocycles. The summed E-state index contributed by atoms with van der Waals surface area (Å²) in [6.07, 6.45) is 0. The summed E-state index contributed by atoms with van der Waals surface area (Å²) in [6.45, 7) is 4.15. The van der Waals surface area contributed by atoms with Gasteiger partial charge in [-0.2, -0.15) is 5.26 Å². The van der Waals surface area contributed by atoms with Gasteiger partial charge in [0.05, 0.1) is 18.4 Å². The van der Waals surface area contributed by atoms with Crippen molar-refractivity contribution in [2.24, 2.45) is 0 Å². The van der Waals surface area contributed by atoms with E-state index in [1.807, 2.05) is 37.3 Å². The molecular weight excluding hydrogens is 396 g/mol. The van der Waals surface area contributed by atoms with E-state index in [9.17, 15) is 18.8 Å². The largest absolute Gasteiger partial charge is 0.494 e. The van der Waals surface area contributed by atoms with Gasteiger partial charge in [-0.25, -0.2) is 13.8 Å². The maximum absolute atomic E-state index is 14.0. The molecule has 148 valence electrons. The second-order valence-corrected chi connectivity index (χ2v) is 7.09. The molecular formula is C21H17F2N3O2S. The summed E-state index contributed by atoms with van der Waals surface area (Å²) in [6, 6.07) is 10.8. The highest BCUT2D eigenvalue weighted by molar-refractivity contribution is 7.17. The number of aromatic nitrogens is 1. The van der Waals surface area contributed by atoms with Crippen molar-refractivity contribution in [1.82, 2.24) is 10.3 Å². The minimum Gasteiger partial charge on any atom is -0.494 e. The number of ether oxygens (including phenoxy) is 1. The minimum absolute atomic E-state index is 0.101. The molecule has 0 saturated carbocycles. The van der Waals surface area contributed by atoms with Gasteiger partial charge in [-0.15, -0.1) is 11.3 Å². The monoisotopic (exact) mass is 413 g/mol. The van der Waals surface area contributed by atoms with Crippen LogP contribution in [0.25, 0.3) is 10.6 Å². The van der Waals surface area contributed by atoms with Gasteiger partial charge >= 0.3 is 0 Å². The fourth-order valence-electron chi connectivity index (χ4n) is 2.70. The van der Waals surface area contributed by atoms with Crippen LogP contribution in [0, 0.1) is 29.9 Å². The predicted octanol–water partition coefficient (Wildman–Crippen LogP) is 4.79. The Bertz CT molecular complexity index is 1070. The lowest BCUT2D eigenvalue weighted by Crippen LogP contribution is -2.28. The third-order valence-electron chi connectivity index (χ3n) is 4.09. The van der Waals surface area contributed by atoms with Crippen LogP contribution >= 0.6 is 11.3 Å². The van der Waals surface area contributed by atoms with Crippen LogP contribution in [0.15, 0.2) is 42.5 Å². The lowest BCUT2D eigenvalue weighted by atomic mass is 10.1. The molecule has 1 atom stereocenters. The van der Waals surface area contributed by atoms with Crippen LogP contribution in [0.1, 0.15) is 33.9 Å². The van der Waals surface area contributed by atoms with Crippen molar-refractivity contribution < 1.29 is 18.3 Å². The number of nitrogens with zero attached hydrogens (tertiary/aromatic N) is 2. The first kappa shape index (κ1) is 20.4. The smallest absolute Gasteiger partial charge is 0.264 e. The quantitative estimate of drug-likeness (QED) is 0.630. The molecule has 0 aliphatic rings. The maximum Gasteiger partial charge on any atom is 0.264 e. The summed E-state index contributed by atoms with van der Waals surface area (Å²) < 4.78 is 32.5. The highest BCUT2D eigenvalue weighted by Crippen LogP contribution is 2.30. The SMILES string of the molecule is CCOc1ccc(-c2nc(C)c(C(=O)NC(C#N)c3ccc(F)cc3F)s2)cc1. The topological polar surface area (TPSA) is 75.0 Å². The number of benzene rings is 2. The van der Waals surface area contributed by atoms with Crippen LogP contribution in [0.4, 0.5) is 8.78 Å². The molecule has 3 rings (SSSR count). The number of halogens is 2. The maximum atomic E-state index is 14.0. The summed E-state index contributed by atoms with van der Waals surface area (Å²) >= 11 is 1.17. The Kier molecular flexibility index (Phi) is 6.20. The molecule has 1 amide bonds. The Hall–Kier alpha value is -3.31. The Morgan fingerprint density at radius 2 is 2.00 bits per heavy atom. The summed E-state index contributed by atoms with van der Waals surface area (Å²) in [4.78, 5) is 17.4. The summed E-state index contributed by atoms with van der Waals surface area (Å²) in [5.74, 6) is -1.46. The van der Waals surface area contributed by atoms with Crippen LogP contribution in [0.2, 0.25) is 0 Å². The van der Waals surface area contributed by atoms with Gasteiger partial charge in [0.15, 0.2) is 0 Å². The van der Waals surface area contributed by atoms with Crippen molar-refractivity contribution in [3.05, 3.63) is 70.2 Å². The van der Waals surface area contributed by atoms with E-state index >= 15 is 0 Å². The molecule has 1 aromatic heterocycles. The van der Waals surface area contributed by atoms with Crippen LogP contribution in [-0.4, -0.2) is 17.5 Å². The summed E-state index contributed by atoms with van der Waals surface area (Å²) in [5.41, 5.74) is 1.21. The Labute approximate surface area is 170 Å². The van der Waals surface area contributed by atoms with E-state index in [0.717, 1.165) is 23.4 Å². The lowest BCUT2D eigenvalue weighted by molar-refractivity contribution is 0.0948. The Morgan fingerprint density at radius 1 is 1.28 bits per heavy atom. The van der Waals surface area contributed by atoms with Crippen molar-refractivity contribution >= 4 is 17.2 Å². The molecule has 0 spiro atoms. The van der Waals surface area contributed by atoms with Crippen molar-refractivity contribution in [3.63, 3.8) is 0 Å². The van der Waals surface area contributed by atoms with Crippen LogP contribution < -0.4 is 10.1 Å². The third kappa shape index (κ3) is 4.58. The number of thiazole rings is 1. The van der Waals surface area contributed by atoms with Crippen molar-refractivity contribution in [1.29, 1.82) is 5.26 Å². The minimum atomic E-state index is -1.25. The Morgan fingerprint density at radius 3 is 2.62 bits per heavy atom. The van der Waals surface area contributed by atoms with E-state index in [-0.39, 0.29) is 5.56 Å². The summed E-state index contributed by atoms with van der Waals surface area (Å²) in [5, 5.41) is 12.5. The normalized spacial score (nSPS) is 11.6. The van der Waals surface area contributed by atoms with E-state index in [0.29, 0.717) is 28.3 Å². The van der Waals surface area contributed by atoms with Gasteiger partial charge in [0, 0.05) is 17.2 Å². The second kappa shape index (κ2) is 8.80. The zero-order valence-electron chi connectivity index (χ0n) is 15.7. The van der Waals surface area contributed by atoms with E-state index in [1.165, 1.54) is 11.3 Å². The highest BCUT2D eigenvalue weighted by atomic mass is 32.1. The first-order chi connectivity index (χ1) is 13.9. The lowest BCUT2D eigenvalue weighted by Gasteiger charge is -2.12. The van der Waals surface area contributed by atoms with Gasteiger partial charge in [-0.1, -0.05) is 6.07 Å². The molecule has 1 N–H and O–H groups in total. The van der Waals surface area contributed by atoms with E-state index in [1.54, 1.807) is 6.92 Å². The number of amides is 1. The number of carbonyl (C=O) groups excluding carboxylic acids is 1. The summed E-state index contributed by atoms with van der Waals surface area (Å²) in [7, 11) is 0.